The summed E-state index contributed by atoms with van der Waals surface area (Å²) < 4.78 is 4.88. The van der Waals surface area contributed by atoms with Crippen LogP contribution in [-0.4, -0.2) is 22.5 Å². The molecule has 1 heterocycles. The van der Waals surface area contributed by atoms with Gasteiger partial charge in [-0.3, -0.25) is 0 Å². The van der Waals surface area contributed by atoms with Gasteiger partial charge in [0.25, 0.3) is 0 Å². The number of hydrogen-bond acceptors (Lipinski definition) is 3. The number of imidazole rings is 1. The van der Waals surface area contributed by atoms with E-state index in [0.717, 1.165) is 24.2 Å². The van der Waals surface area contributed by atoms with Gasteiger partial charge in [-0.25, -0.2) is 9.78 Å². The highest BCUT2D eigenvalue weighted by atomic mass is 16.5. The molecule has 0 radical (unpaired) electrons. The Morgan fingerprint density at radius 1 is 1.53 bits per heavy atom. The minimum atomic E-state index is -0.357. The molecule has 2 rings (SSSR count). The molecule has 0 spiro atoms. The number of fused-ring (bicyclic) bond motifs is 1. The van der Waals surface area contributed by atoms with Crippen LogP contribution in [0.2, 0.25) is 0 Å². The monoisotopic (exact) mass is 208 g/mol. The van der Waals surface area contributed by atoms with Gasteiger partial charge in [-0.05, 0) is 25.2 Å². The molecule has 4 nitrogen and oxygen atoms in total. The van der Waals surface area contributed by atoms with Crippen molar-refractivity contribution in [3.8, 4) is 0 Å². The summed E-state index contributed by atoms with van der Waals surface area (Å²) in [6.07, 6.45) is 1.88. The van der Waals surface area contributed by atoms with Crippen LogP contribution >= 0.6 is 0 Å². The summed E-state index contributed by atoms with van der Waals surface area (Å²) in [6, 6.07) is 0. The molecule has 1 N–H and O–H groups in total. The first-order valence-electron chi connectivity index (χ1n) is 5.27. The lowest BCUT2D eigenvalue weighted by Crippen LogP contribution is -2.13. The Bertz CT molecular complexity index is 368. The number of rotatable bonds is 2. The maximum absolute atomic E-state index is 11.4. The molecular formula is C11H16N2O2. The summed E-state index contributed by atoms with van der Waals surface area (Å²) in [6.45, 7) is 6.58. The number of carbonyl (C=O) groups is 1. The third-order valence-corrected chi connectivity index (χ3v) is 2.63. The zero-order chi connectivity index (χ0) is 11.1. The lowest BCUT2D eigenvalue weighted by atomic mass is 9.91. The van der Waals surface area contributed by atoms with Crippen molar-refractivity contribution in [2.24, 2.45) is 5.41 Å². The molecule has 1 aromatic heterocycles. The first-order chi connectivity index (χ1) is 7.02. The summed E-state index contributed by atoms with van der Waals surface area (Å²) in [5, 5.41) is 0. The van der Waals surface area contributed by atoms with Gasteiger partial charge in [0.05, 0.1) is 12.3 Å². The molecule has 0 fully saturated rings. The van der Waals surface area contributed by atoms with Gasteiger partial charge in [0.2, 0.25) is 5.82 Å². The fourth-order valence-corrected chi connectivity index (χ4v) is 2.03. The molecule has 0 bridgehead atoms. The first-order valence-corrected chi connectivity index (χ1v) is 5.27. The van der Waals surface area contributed by atoms with Crippen molar-refractivity contribution in [2.75, 3.05) is 6.61 Å². The van der Waals surface area contributed by atoms with Crippen LogP contribution in [0.4, 0.5) is 0 Å². The second kappa shape index (κ2) is 3.36. The minimum absolute atomic E-state index is 0.265. The Morgan fingerprint density at radius 2 is 2.27 bits per heavy atom. The Morgan fingerprint density at radius 3 is 2.87 bits per heavy atom. The van der Waals surface area contributed by atoms with E-state index in [4.69, 9.17) is 4.74 Å². The quantitative estimate of drug-likeness (QED) is 0.753. The summed E-state index contributed by atoms with van der Waals surface area (Å²) >= 11 is 0. The van der Waals surface area contributed by atoms with Gasteiger partial charge in [-0.2, -0.15) is 0 Å². The highest BCUT2D eigenvalue weighted by Gasteiger charge is 2.32. The third kappa shape index (κ3) is 1.89. The minimum Gasteiger partial charge on any atom is -0.460 e. The number of esters is 1. The first kappa shape index (κ1) is 10.2. The van der Waals surface area contributed by atoms with Gasteiger partial charge < -0.3 is 9.72 Å². The van der Waals surface area contributed by atoms with Crippen LogP contribution in [0.3, 0.4) is 0 Å². The molecule has 4 heteroatoms. The molecular weight excluding hydrogens is 192 g/mol. The van der Waals surface area contributed by atoms with Crippen LogP contribution in [0, 0.1) is 5.41 Å². The highest BCUT2D eigenvalue weighted by molar-refractivity contribution is 5.85. The van der Waals surface area contributed by atoms with Gasteiger partial charge in [0.1, 0.15) is 0 Å². The second-order valence-corrected chi connectivity index (χ2v) is 4.75. The molecule has 0 aromatic carbocycles. The number of aromatic nitrogens is 2. The average molecular weight is 208 g/mol. The predicted octanol–water partition coefficient (Wildman–Crippen LogP) is 1.71. The summed E-state index contributed by atoms with van der Waals surface area (Å²) in [7, 11) is 0. The van der Waals surface area contributed by atoms with E-state index in [0.29, 0.717) is 12.4 Å². The smallest absolute Gasteiger partial charge is 0.374 e. The maximum atomic E-state index is 11.4. The molecule has 1 aromatic rings. The van der Waals surface area contributed by atoms with E-state index in [1.54, 1.807) is 6.92 Å². The zero-order valence-corrected chi connectivity index (χ0v) is 9.39. The zero-order valence-electron chi connectivity index (χ0n) is 9.39. The number of hydrogen-bond donors (Lipinski definition) is 1. The van der Waals surface area contributed by atoms with Crippen molar-refractivity contribution in [1.29, 1.82) is 0 Å². The van der Waals surface area contributed by atoms with Crippen LogP contribution in [-0.2, 0) is 17.6 Å². The summed E-state index contributed by atoms with van der Waals surface area (Å²) in [5.41, 5.74) is 2.37. The molecule has 0 aliphatic heterocycles. The van der Waals surface area contributed by atoms with Crippen LogP contribution < -0.4 is 0 Å². The molecule has 82 valence electrons. The van der Waals surface area contributed by atoms with E-state index in [1.165, 1.54) is 0 Å². The SMILES string of the molecule is CCOC(=O)c1nc2c([nH]1)CC(C)(C)C2. The predicted molar refractivity (Wildman–Crippen MR) is 55.7 cm³/mol. The van der Waals surface area contributed by atoms with Crippen LogP contribution in [0.25, 0.3) is 0 Å². The Kier molecular flexibility index (Phi) is 2.29. The van der Waals surface area contributed by atoms with E-state index in [2.05, 4.69) is 23.8 Å². The van der Waals surface area contributed by atoms with Crippen LogP contribution in [0.1, 0.15) is 42.8 Å². The number of H-pyrrole nitrogens is 1. The molecule has 0 saturated carbocycles. The molecule has 1 aliphatic carbocycles. The maximum Gasteiger partial charge on any atom is 0.374 e. The lowest BCUT2D eigenvalue weighted by molar-refractivity contribution is 0.0512. The van der Waals surface area contributed by atoms with Gasteiger partial charge in [0.15, 0.2) is 0 Å². The fraction of sp³-hybridized carbons (Fsp3) is 0.636. The van der Waals surface area contributed by atoms with Crippen molar-refractivity contribution >= 4 is 5.97 Å². The highest BCUT2D eigenvalue weighted by Crippen LogP contribution is 2.34. The molecule has 0 unspecified atom stereocenters. The average Bonchev–Trinajstić information content (AvgIpc) is 2.57. The molecule has 0 saturated heterocycles. The standard InChI is InChI=1S/C11H16N2O2/c1-4-15-10(14)9-12-7-5-11(2,3)6-8(7)13-9/h4-6H2,1-3H3,(H,12,13). The van der Waals surface area contributed by atoms with Gasteiger partial charge in [-0.1, -0.05) is 13.8 Å². The number of nitrogens with zero attached hydrogens (tertiary/aromatic N) is 1. The Hall–Kier alpha value is -1.32. The molecule has 0 atom stereocenters. The largest absolute Gasteiger partial charge is 0.460 e. The van der Waals surface area contributed by atoms with Crippen LogP contribution in [0.5, 0.6) is 0 Å². The third-order valence-electron chi connectivity index (χ3n) is 2.63. The second-order valence-electron chi connectivity index (χ2n) is 4.75. The van der Waals surface area contributed by atoms with Crippen LogP contribution in [0.15, 0.2) is 0 Å². The fourth-order valence-electron chi connectivity index (χ4n) is 2.03. The number of aromatic amines is 1. The Labute approximate surface area is 89.0 Å². The van der Waals surface area contributed by atoms with E-state index in [-0.39, 0.29) is 11.4 Å². The van der Waals surface area contributed by atoms with Crippen molar-refractivity contribution in [3.05, 3.63) is 17.2 Å². The Balaban J connectivity index is 2.18. The summed E-state index contributed by atoms with van der Waals surface area (Å²) in [4.78, 5) is 18.7. The van der Waals surface area contributed by atoms with E-state index < -0.39 is 0 Å². The van der Waals surface area contributed by atoms with E-state index in [9.17, 15) is 4.79 Å². The topological polar surface area (TPSA) is 55.0 Å². The normalized spacial score (nSPS) is 17.5. The van der Waals surface area contributed by atoms with E-state index in [1.807, 2.05) is 0 Å². The van der Waals surface area contributed by atoms with E-state index >= 15 is 0 Å². The van der Waals surface area contributed by atoms with Crippen molar-refractivity contribution in [3.63, 3.8) is 0 Å². The van der Waals surface area contributed by atoms with Gasteiger partial charge in [-0.15, -0.1) is 0 Å². The molecule has 0 amide bonds. The number of nitrogens with one attached hydrogen (secondary N) is 1. The van der Waals surface area contributed by atoms with Gasteiger partial charge in [0, 0.05) is 5.69 Å². The van der Waals surface area contributed by atoms with Crippen molar-refractivity contribution in [1.82, 2.24) is 9.97 Å². The molecule has 15 heavy (non-hydrogen) atoms. The van der Waals surface area contributed by atoms with Gasteiger partial charge >= 0.3 is 5.97 Å². The lowest BCUT2D eigenvalue weighted by Gasteiger charge is -2.14. The van der Waals surface area contributed by atoms with Crippen molar-refractivity contribution in [2.45, 2.75) is 33.6 Å². The molecule has 1 aliphatic rings. The summed E-state index contributed by atoms with van der Waals surface area (Å²) in [5.74, 6) is -0.0120. The number of carbonyl (C=O) groups excluding carboxylic acids is 1. The number of ether oxygens (including phenoxy) is 1. The van der Waals surface area contributed by atoms with Crippen molar-refractivity contribution < 1.29 is 9.53 Å².